The van der Waals surface area contributed by atoms with Crippen LogP contribution in [0.3, 0.4) is 0 Å². The Balaban J connectivity index is 1.58. The molecular weight excluding hydrogens is 402 g/mol. The lowest BCUT2D eigenvalue weighted by atomic mass is 10.2. The fourth-order valence-electron chi connectivity index (χ4n) is 2.22. The van der Waals surface area contributed by atoms with Crippen LogP contribution in [-0.2, 0) is 11.4 Å². The standard InChI is InChI=1S/C19H14ClN3O6/c20-13-2-1-3-15(10-13)27-11-16-8-9-17(28-16)19(24)29-22-18(21)12-4-6-14(7-5-12)23(25)26/h1-10H,11H2,(H2,21,22). The molecule has 0 amide bonds. The molecule has 1 aromatic heterocycles. The summed E-state index contributed by atoms with van der Waals surface area (Å²) in [6, 6.07) is 15.1. The number of oxime groups is 1. The molecule has 0 aliphatic rings. The van der Waals surface area contributed by atoms with E-state index in [1.165, 1.54) is 30.3 Å². The van der Waals surface area contributed by atoms with Gasteiger partial charge in [-0.1, -0.05) is 22.8 Å². The normalized spacial score (nSPS) is 11.1. The predicted molar refractivity (Wildman–Crippen MR) is 104 cm³/mol. The molecule has 29 heavy (non-hydrogen) atoms. The summed E-state index contributed by atoms with van der Waals surface area (Å²) in [5.41, 5.74) is 5.98. The fourth-order valence-corrected chi connectivity index (χ4v) is 2.40. The van der Waals surface area contributed by atoms with Gasteiger partial charge < -0.3 is 19.7 Å². The molecule has 0 saturated carbocycles. The number of nitro benzene ring substituents is 1. The molecule has 1 heterocycles. The van der Waals surface area contributed by atoms with Crippen molar-refractivity contribution >= 4 is 29.1 Å². The van der Waals surface area contributed by atoms with Crippen molar-refractivity contribution in [2.75, 3.05) is 0 Å². The summed E-state index contributed by atoms with van der Waals surface area (Å²) in [6.07, 6.45) is 0. The van der Waals surface area contributed by atoms with Crippen LogP contribution in [-0.4, -0.2) is 16.7 Å². The van der Waals surface area contributed by atoms with E-state index in [2.05, 4.69) is 5.16 Å². The first-order valence-electron chi connectivity index (χ1n) is 8.19. The van der Waals surface area contributed by atoms with E-state index in [0.717, 1.165) is 0 Å². The molecule has 3 aromatic rings. The zero-order chi connectivity index (χ0) is 20.8. The van der Waals surface area contributed by atoms with Crippen LogP contribution < -0.4 is 10.5 Å². The molecule has 2 N–H and O–H groups in total. The maximum absolute atomic E-state index is 12.0. The molecule has 0 spiro atoms. The minimum atomic E-state index is -0.858. The van der Waals surface area contributed by atoms with Gasteiger partial charge in [-0.2, -0.15) is 0 Å². The highest BCUT2D eigenvalue weighted by Crippen LogP contribution is 2.19. The highest BCUT2D eigenvalue weighted by Gasteiger charge is 2.14. The molecule has 0 unspecified atom stereocenters. The average Bonchev–Trinajstić information content (AvgIpc) is 3.19. The Kier molecular flexibility index (Phi) is 6.10. The SMILES string of the molecule is N/C(=N\OC(=O)c1ccc(COc2cccc(Cl)c2)o1)c1ccc([N+](=O)[O-])cc1. The first-order valence-corrected chi connectivity index (χ1v) is 8.57. The van der Waals surface area contributed by atoms with Gasteiger partial charge in [-0.05, 0) is 42.5 Å². The average molecular weight is 416 g/mol. The van der Waals surface area contributed by atoms with Crippen molar-refractivity contribution in [3.8, 4) is 5.75 Å². The van der Waals surface area contributed by atoms with Crippen LogP contribution in [0.25, 0.3) is 0 Å². The number of nitrogens with zero attached hydrogens (tertiary/aromatic N) is 2. The topological polar surface area (TPSA) is 130 Å². The van der Waals surface area contributed by atoms with Crippen LogP contribution in [0, 0.1) is 10.1 Å². The minimum absolute atomic E-state index is 0.0851. The minimum Gasteiger partial charge on any atom is -0.486 e. The van der Waals surface area contributed by atoms with Gasteiger partial charge in [-0.25, -0.2) is 4.79 Å². The highest BCUT2D eigenvalue weighted by atomic mass is 35.5. The van der Waals surface area contributed by atoms with Crippen LogP contribution >= 0.6 is 11.6 Å². The van der Waals surface area contributed by atoms with Gasteiger partial charge in [0.25, 0.3) is 5.69 Å². The number of nitrogens with two attached hydrogens (primary N) is 1. The van der Waals surface area contributed by atoms with Gasteiger partial charge >= 0.3 is 5.97 Å². The second-order valence-electron chi connectivity index (χ2n) is 5.67. The Bertz CT molecular complexity index is 1060. The third-order valence-electron chi connectivity index (χ3n) is 3.64. The Labute approximate surface area is 169 Å². The number of carbonyl (C=O) groups is 1. The van der Waals surface area contributed by atoms with E-state index in [1.54, 1.807) is 30.3 Å². The van der Waals surface area contributed by atoms with Gasteiger partial charge in [0.15, 0.2) is 5.84 Å². The van der Waals surface area contributed by atoms with E-state index in [1.807, 2.05) is 0 Å². The maximum atomic E-state index is 12.0. The number of rotatable bonds is 7. The van der Waals surface area contributed by atoms with Gasteiger partial charge in [0.1, 0.15) is 18.1 Å². The maximum Gasteiger partial charge on any atom is 0.400 e. The van der Waals surface area contributed by atoms with E-state index < -0.39 is 10.9 Å². The third kappa shape index (κ3) is 5.33. The van der Waals surface area contributed by atoms with Crippen LogP contribution in [0.1, 0.15) is 21.9 Å². The molecule has 2 aromatic carbocycles. The van der Waals surface area contributed by atoms with E-state index >= 15 is 0 Å². The van der Waals surface area contributed by atoms with Crippen molar-refractivity contribution in [1.82, 2.24) is 0 Å². The monoisotopic (exact) mass is 415 g/mol. The van der Waals surface area contributed by atoms with Crippen molar-refractivity contribution in [2.45, 2.75) is 6.61 Å². The Morgan fingerprint density at radius 3 is 2.62 bits per heavy atom. The van der Waals surface area contributed by atoms with Crippen LogP contribution in [0.2, 0.25) is 5.02 Å². The number of halogens is 1. The van der Waals surface area contributed by atoms with E-state index in [4.69, 9.17) is 31.3 Å². The molecule has 0 saturated heterocycles. The molecule has 0 atom stereocenters. The van der Waals surface area contributed by atoms with Crippen molar-refractivity contribution in [3.63, 3.8) is 0 Å². The van der Waals surface area contributed by atoms with E-state index in [-0.39, 0.29) is 23.9 Å². The second kappa shape index (κ2) is 8.89. The number of hydrogen-bond acceptors (Lipinski definition) is 7. The summed E-state index contributed by atoms with van der Waals surface area (Å²) in [5.74, 6) is -0.120. The number of furan rings is 1. The Morgan fingerprint density at radius 1 is 1.17 bits per heavy atom. The van der Waals surface area contributed by atoms with Crippen molar-refractivity contribution in [1.29, 1.82) is 0 Å². The number of hydrogen-bond donors (Lipinski definition) is 1. The number of carbonyl (C=O) groups excluding carboxylic acids is 1. The first kappa shape index (κ1) is 19.9. The number of non-ortho nitro benzene ring substituents is 1. The smallest absolute Gasteiger partial charge is 0.400 e. The molecule has 0 radical (unpaired) electrons. The molecule has 0 fully saturated rings. The molecular formula is C19H14ClN3O6. The van der Waals surface area contributed by atoms with Gasteiger partial charge in [0.2, 0.25) is 5.76 Å². The van der Waals surface area contributed by atoms with E-state index in [9.17, 15) is 14.9 Å². The molecule has 148 valence electrons. The zero-order valence-electron chi connectivity index (χ0n) is 14.8. The summed E-state index contributed by atoms with van der Waals surface area (Å²) >= 11 is 5.88. The lowest BCUT2D eigenvalue weighted by Gasteiger charge is -2.04. The molecule has 9 nitrogen and oxygen atoms in total. The Morgan fingerprint density at radius 2 is 1.93 bits per heavy atom. The molecule has 10 heteroatoms. The van der Waals surface area contributed by atoms with E-state index in [0.29, 0.717) is 22.1 Å². The molecule has 0 aliphatic heterocycles. The summed E-state index contributed by atoms with van der Waals surface area (Å²) in [7, 11) is 0. The first-order chi connectivity index (χ1) is 13.9. The Hall–Kier alpha value is -3.85. The summed E-state index contributed by atoms with van der Waals surface area (Å²) < 4.78 is 10.9. The fraction of sp³-hybridized carbons (Fsp3) is 0.0526. The predicted octanol–water partition coefficient (Wildman–Crippen LogP) is 3.90. The summed E-state index contributed by atoms with van der Waals surface area (Å²) in [4.78, 5) is 26.9. The number of ether oxygens (including phenoxy) is 1. The summed E-state index contributed by atoms with van der Waals surface area (Å²) in [6.45, 7) is 0.0851. The molecule has 0 bridgehead atoms. The quantitative estimate of drug-likeness (QED) is 0.203. The third-order valence-corrected chi connectivity index (χ3v) is 3.88. The second-order valence-corrected chi connectivity index (χ2v) is 6.11. The lowest BCUT2D eigenvalue weighted by molar-refractivity contribution is -0.384. The summed E-state index contributed by atoms with van der Waals surface area (Å²) in [5, 5.41) is 14.7. The van der Waals surface area contributed by atoms with Crippen LogP contribution in [0.15, 0.2) is 70.2 Å². The van der Waals surface area contributed by atoms with Crippen LogP contribution in [0.5, 0.6) is 5.75 Å². The molecule has 0 aliphatic carbocycles. The van der Waals surface area contributed by atoms with Crippen molar-refractivity contribution in [3.05, 3.63) is 92.9 Å². The lowest BCUT2D eigenvalue weighted by Crippen LogP contribution is -2.15. The number of benzene rings is 2. The number of nitro groups is 1. The van der Waals surface area contributed by atoms with Gasteiger partial charge in [0.05, 0.1) is 4.92 Å². The van der Waals surface area contributed by atoms with Crippen molar-refractivity contribution < 1.29 is 23.7 Å². The van der Waals surface area contributed by atoms with Crippen molar-refractivity contribution in [2.24, 2.45) is 10.9 Å². The zero-order valence-corrected chi connectivity index (χ0v) is 15.5. The van der Waals surface area contributed by atoms with Gasteiger partial charge in [-0.3, -0.25) is 10.1 Å². The largest absolute Gasteiger partial charge is 0.486 e. The highest BCUT2D eigenvalue weighted by molar-refractivity contribution is 6.30. The molecule has 3 rings (SSSR count). The van der Waals surface area contributed by atoms with Crippen LogP contribution in [0.4, 0.5) is 5.69 Å². The van der Waals surface area contributed by atoms with Gasteiger partial charge in [0, 0.05) is 22.7 Å². The number of amidine groups is 1. The van der Waals surface area contributed by atoms with Gasteiger partial charge in [-0.15, -0.1) is 0 Å².